The summed E-state index contributed by atoms with van der Waals surface area (Å²) in [6, 6.07) is 8.31. The predicted molar refractivity (Wildman–Crippen MR) is 156 cm³/mol. The minimum atomic E-state index is -0.170. The highest BCUT2D eigenvalue weighted by atomic mass is 16.3. The van der Waals surface area contributed by atoms with Gasteiger partial charge < -0.3 is 10.2 Å². The van der Waals surface area contributed by atoms with Crippen LogP contribution in [-0.2, 0) is 22.7 Å². The fraction of sp³-hybridized carbons (Fsp3) is 0.562. The molecule has 0 unspecified atom stereocenters. The van der Waals surface area contributed by atoms with Crippen LogP contribution in [0.3, 0.4) is 0 Å². The van der Waals surface area contributed by atoms with Crippen LogP contribution in [0.25, 0.3) is 0 Å². The van der Waals surface area contributed by atoms with Crippen LogP contribution < -0.4 is 0 Å². The lowest BCUT2D eigenvalue weighted by Gasteiger charge is -2.26. The van der Waals surface area contributed by atoms with E-state index in [2.05, 4.69) is 98.3 Å². The minimum absolute atomic E-state index is 0.0292. The van der Waals surface area contributed by atoms with Gasteiger partial charge in [-0.25, -0.2) is 0 Å². The lowest BCUT2D eigenvalue weighted by Crippen LogP contribution is -2.17. The maximum Gasteiger partial charge on any atom is 0.128 e. The van der Waals surface area contributed by atoms with Crippen molar-refractivity contribution in [1.29, 1.82) is 0 Å². The number of benzene rings is 2. The molecule has 0 spiro atoms. The van der Waals surface area contributed by atoms with E-state index in [-0.39, 0.29) is 16.2 Å². The Morgan fingerprint density at radius 3 is 1.53 bits per heavy atom. The summed E-state index contributed by atoms with van der Waals surface area (Å²) >= 11 is 0. The summed E-state index contributed by atoms with van der Waals surface area (Å²) < 4.78 is 0. The second kappa shape index (κ2) is 11.2. The molecule has 36 heavy (non-hydrogen) atoms. The van der Waals surface area contributed by atoms with Gasteiger partial charge in [-0.2, -0.15) is 0 Å². The molecule has 2 rings (SSSR count). The van der Waals surface area contributed by atoms with Crippen LogP contribution >= 0.6 is 0 Å². The molecule has 0 fully saturated rings. The molecular formula is C32H48N2O2. The molecular weight excluding hydrogens is 444 g/mol. The zero-order chi connectivity index (χ0) is 27.5. The van der Waals surface area contributed by atoms with Crippen molar-refractivity contribution in [2.45, 2.75) is 98.8 Å². The molecule has 0 heterocycles. The number of hydrogen-bond donors (Lipinski definition) is 2. The molecule has 0 aliphatic rings. The maximum absolute atomic E-state index is 10.9. The van der Waals surface area contributed by atoms with Crippen LogP contribution in [0.15, 0.2) is 34.3 Å². The van der Waals surface area contributed by atoms with Gasteiger partial charge in [-0.05, 0) is 51.8 Å². The van der Waals surface area contributed by atoms with Crippen LogP contribution in [0, 0.1) is 5.92 Å². The quantitative estimate of drug-likeness (QED) is 0.307. The summed E-state index contributed by atoms with van der Waals surface area (Å²) in [5.74, 6) is 1.14. The van der Waals surface area contributed by atoms with E-state index < -0.39 is 0 Å². The number of phenols is 2. The predicted octanol–water partition coefficient (Wildman–Crippen LogP) is 7.73. The summed E-state index contributed by atoms with van der Waals surface area (Å²) in [5.41, 5.74) is 5.42. The first-order valence-corrected chi connectivity index (χ1v) is 13.1. The molecule has 0 saturated carbocycles. The van der Waals surface area contributed by atoms with Crippen molar-refractivity contribution >= 4 is 12.4 Å². The van der Waals surface area contributed by atoms with Gasteiger partial charge in [-0.1, -0.05) is 88.3 Å². The molecule has 0 aliphatic carbocycles. The Labute approximate surface area is 219 Å². The van der Waals surface area contributed by atoms with Gasteiger partial charge in [0.15, 0.2) is 0 Å². The highest BCUT2D eigenvalue weighted by Crippen LogP contribution is 2.37. The van der Waals surface area contributed by atoms with Gasteiger partial charge in [0.2, 0.25) is 0 Å². The molecule has 0 atom stereocenters. The first-order valence-electron chi connectivity index (χ1n) is 13.1. The molecule has 0 bridgehead atoms. The summed E-state index contributed by atoms with van der Waals surface area (Å²) in [6.45, 7) is 24.6. The molecule has 2 aromatic rings. The fourth-order valence-electron chi connectivity index (χ4n) is 4.18. The van der Waals surface area contributed by atoms with Gasteiger partial charge in [0, 0.05) is 34.7 Å². The van der Waals surface area contributed by atoms with E-state index in [0.717, 1.165) is 28.7 Å². The van der Waals surface area contributed by atoms with E-state index in [1.807, 2.05) is 12.1 Å². The number of aromatic hydroxyl groups is 2. The van der Waals surface area contributed by atoms with Crippen molar-refractivity contribution in [3.63, 3.8) is 0 Å². The topological polar surface area (TPSA) is 65.2 Å². The van der Waals surface area contributed by atoms with Gasteiger partial charge in [-0.3, -0.25) is 9.98 Å². The van der Waals surface area contributed by atoms with Crippen LogP contribution in [0.5, 0.6) is 11.5 Å². The van der Waals surface area contributed by atoms with E-state index >= 15 is 0 Å². The molecule has 0 aromatic heterocycles. The van der Waals surface area contributed by atoms with Crippen molar-refractivity contribution in [1.82, 2.24) is 0 Å². The zero-order valence-electron chi connectivity index (χ0n) is 24.5. The molecule has 0 aliphatic heterocycles. The van der Waals surface area contributed by atoms with E-state index in [9.17, 15) is 10.2 Å². The number of rotatable bonds is 7. The standard InChI is InChI=1S/C32H48N2O2/c1-21(2)14-22-15-23(28(35)26(16-22)31(6,7)8)19-33-12-13-34-20-24-17-25(30(3,4)5)18-27(29(24)36)32(9,10)11/h15-21,35-36H,12-14H2,1-11H3. The molecule has 4 nitrogen and oxygen atoms in total. The highest BCUT2D eigenvalue weighted by Gasteiger charge is 2.24. The Morgan fingerprint density at radius 1 is 0.667 bits per heavy atom. The van der Waals surface area contributed by atoms with Crippen molar-refractivity contribution in [2.24, 2.45) is 15.9 Å². The average molecular weight is 493 g/mol. The largest absolute Gasteiger partial charge is 0.507 e. The maximum atomic E-state index is 10.9. The first-order chi connectivity index (χ1) is 16.4. The van der Waals surface area contributed by atoms with Crippen molar-refractivity contribution in [3.8, 4) is 11.5 Å². The van der Waals surface area contributed by atoms with E-state index in [1.54, 1.807) is 12.4 Å². The van der Waals surface area contributed by atoms with Gasteiger partial charge in [0.25, 0.3) is 0 Å². The zero-order valence-corrected chi connectivity index (χ0v) is 24.5. The first kappa shape index (κ1) is 29.6. The van der Waals surface area contributed by atoms with E-state index in [0.29, 0.717) is 30.5 Å². The Balaban J connectivity index is 2.24. The van der Waals surface area contributed by atoms with Gasteiger partial charge in [0.1, 0.15) is 11.5 Å². The van der Waals surface area contributed by atoms with Crippen molar-refractivity contribution in [3.05, 3.63) is 57.6 Å². The van der Waals surface area contributed by atoms with E-state index in [4.69, 9.17) is 0 Å². The lowest BCUT2D eigenvalue weighted by atomic mass is 9.79. The van der Waals surface area contributed by atoms with Crippen LogP contribution in [-0.4, -0.2) is 35.7 Å². The van der Waals surface area contributed by atoms with Crippen LogP contribution in [0.1, 0.15) is 110 Å². The molecule has 2 aromatic carbocycles. The fourth-order valence-corrected chi connectivity index (χ4v) is 4.18. The Kier molecular flexibility index (Phi) is 9.20. The van der Waals surface area contributed by atoms with Crippen LogP contribution in [0.2, 0.25) is 0 Å². The number of aliphatic imine (C=N–C) groups is 2. The molecule has 0 saturated heterocycles. The Morgan fingerprint density at radius 2 is 1.11 bits per heavy atom. The van der Waals surface area contributed by atoms with Crippen LogP contribution in [0.4, 0.5) is 0 Å². The van der Waals surface area contributed by atoms with Crippen molar-refractivity contribution < 1.29 is 10.2 Å². The van der Waals surface area contributed by atoms with Gasteiger partial charge in [-0.15, -0.1) is 0 Å². The summed E-state index contributed by atoms with van der Waals surface area (Å²) in [6.07, 6.45) is 4.48. The third-order valence-electron chi connectivity index (χ3n) is 6.28. The molecule has 2 N–H and O–H groups in total. The summed E-state index contributed by atoms with van der Waals surface area (Å²) in [7, 11) is 0. The molecule has 4 heteroatoms. The SMILES string of the molecule is CC(C)Cc1cc(C=NCCN=Cc2cc(C(C)(C)C)cc(C(C)(C)C)c2O)c(O)c(C(C)(C)C)c1. The number of phenolic OH excluding ortho intramolecular Hbond substituents is 2. The third kappa shape index (κ3) is 7.94. The summed E-state index contributed by atoms with van der Waals surface area (Å²) in [5, 5.41) is 21.8. The Bertz CT molecular complexity index is 1100. The van der Waals surface area contributed by atoms with Gasteiger partial charge >= 0.3 is 0 Å². The lowest BCUT2D eigenvalue weighted by molar-refractivity contribution is 0.443. The highest BCUT2D eigenvalue weighted by molar-refractivity contribution is 5.86. The van der Waals surface area contributed by atoms with E-state index in [1.165, 1.54) is 11.1 Å². The normalized spacial score (nSPS) is 13.4. The Hall–Kier alpha value is -2.62. The minimum Gasteiger partial charge on any atom is -0.507 e. The van der Waals surface area contributed by atoms with Crippen molar-refractivity contribution in [2.75, 3.05) is 13.1 Å². The molecule has 0 radical (unpaired) electrons. The monoisotopic (exact) mass is 492 g/mol. The average Bonchev–Trinajstić information content (AvgIpc) is 2.70. The second-order valence-corrected chi connectivity index (χ2v) is 13.5. The third-order valence-corrected chi connectivity index (χ3v) is 6.28. The molecule has 0 amide bonds. The molecule has 198 valence electrons. The smallest absolute Gasteiger partial charge is 0.128 e. The number of hydrogen-bond acceptors (Lipinski definition) is 4. The van der Waals surface area contributed by atoms with Gasteiger partial charge in [0.05, 0.1) is 13.1 Å². The second-order valence-electron chi connectivity index (χ2n) is 13.5. The number of nitrogens with zero attached hydrogens (tertiary/aromatic N) is 2. The summed E-state index contributed by atoms with van der Waals surface area (Å²) in [4.78, 5) is 9.11.